The summed E-state index contributed by atoms with van der Waals surface area (Å²) >= 11 is 1.07. The smallest absolute Gasteiger partial charge is 0.345 e. The van der Waals surface area contributed by atoms with Crippen LogP contribution in [-0.2, 0) is 16.3 Å². The number of halogens is 2. The molecule has 0 saturated carbocycles. The van der Waals surface area contributed by atoms with Crippen LogP contribution in [0.3, 0.4) is 0 Å². The number of hydrogen-bond donors (Lipinski definition) is 1. The van der Waals surface area contributed by atoms with E-state index in [2.05, 4.69) is 9.35 Å². The zero-order valence-corrected chi connectivity index (χ0v) is 17.9. The average Bonchev–Trinajstić information content (AvgIpc) is 3.08. The second-order valence-corrected chi connectivity index (χ2v) is 10.2. The molecule has 0 saturated heterocycles. The van der Waals surface area contributed by atoms with Crippen molar-refractivity contribution in [2.75, 3.05) is 13.3 Å². The summed E-state index contributed by atoms with van der Waals surface area (Å²) in [4.78, 5) is 16.3. The third kappa shape index (κ3) is 4.65. The van der Waals surface area contributed by atoms with Gasteiger partial charge in [0.2, 0.25) is 0 Å². The van der Waals surface area contributed by atoms with Crippen LogP contribution in [0.4, 0.5) is 8.78 Å². The summed E-state index contributed by atoms with van der Waals surface area (Å²) in [5.41, 5.74) is 1.16. The van der Waals surface area contributed by atoms with E-state index >= 15 is 0 Å². The predicted octanol–water partition coefficient (Wildman–Crippen LogP) is 4.76. The van der Waals surface area contributed by atoms with Gasteiger partial charge in [0.15, 0.2) is 0 Å². The van der Waals surface area contributed by atoms with Crippen molar-refractivity contribution in [3.63, 3.8) is 0 Å². The maximum Gasteiger partial charge on any atom is 0.345 e. The lowest BCUT2D eigenvalue weighted by Crippen LogP contribution is -2.03. The highest BCUT2D eigenvalue weighted by molar-refractivity contribution is 7.93. The van der Waals surface area contributed by atoms with Gasteiger partial charge >= 0.3 is 5.97 Å². The number of rotatable bonds is 6. The van der Waals surface area contributed by atoms with Crippen LogP contribution in [0.15, 0.2) is 45.8 Å². The molecule has 30 heavy (non-hydrogen) atoms. The molecule has 0 radical (unpaired) electrons. The molecule has 0 aliphatic carbocycles. The lowest BCUT2D eigenvalue weighted by molar-refractivity contribution is 0.0702. The van der Waals surface area contributed by atoms with Crippen LogP contribution in [-0.4, -0.2) is 33.6 Å². The first-order valence-corrected chi connectivity index (χ1v) is 11.4. The number of carboxylic acid groups (broad SMARTS) is 1. The molecular weight excluding hydrogens is 434 g/mol. The zero-order chi connectivity index (χ0) is 22.1. The van der Waals surface area contributed by atoms with Crippen LogP contribution < -0.4 is 4.74 Å². The summed E-state index contributed by atoms with van der Waals surface area (Å²) in [6.45, 7) is 1.59. The molecule has 3 aromatic rings. The van der Waals surface area contributed by atoms with Gasteiger partial charge in [0.1, 0.15) is 34.6 Å². The SMILES string of the molecule is CN=S(C)(=O)c1cc(F)cc(COc2cc(F)cnc2-c2cc(C(=O)O)sc2C)c1. The van der Waals surface area contributed by atoms with Gasteiger partial charge < -0.3 is 9.84 Å². The van der Waals surface area contributed by atoms with Gasteiger partial charge in [-0.1, -0.05) is 0 Å². The molecule has 1 atom stereocenters. The molecule has 0 amide bonds. The van der Waals surface area contributed by atoms with Crippen LogP contribution >= 0.6 is 11.3 Å². The molecule has 1 aromatic carbocycles. The standard InChI is InChI=1S/C20H18F2N2O4S2/c1-11-16(8-18(29-11)20(25)26)19-17(7-14(22)9-24-19)28-10-12-4-13(21)6-15(5-12)30(3,27)23-2/h4-9H,10H2,1-3H3,(H,25,26). The van der Waals surface area contributed by atoms with E-state index in [1.54, 1.807) is 6.92 Å². The van der Waals surface area contributed by atoms with Gasteiger partial charge in [-0.15, -0.1) is 11.3 Å². The molecule has 1 N–H and O–H groups in total. The Morgan fingerprint density at radius 3 is 2.60 bits per heavy atom. The van der Waals surface area contributed by atoms with E-state index in [1.165, 1.54) is 31.5 Å². The number of carboxylic acids is 1. The van der Waals surface area contributed by atoms with Crippen LogP contribution in [0, 0.1) is 18.6 Å². The van der Waals surface area contributed by atoms with Crippen molar-refractivity contribution in [1.29, 1.82) is 0 Å². The first kappa shape index (κ1) is 21.8. The minimum Gasteiger partial charge on any atom is -0.487 e. The van der Waals surface area contributed by atoms with Gasteiger partial charge in [-0.3, -0.25) is 0 Å². The molecule has 2 heterocycles. The van der Waals surface area contributed by atoms with Crippen molar-refractivity contribution in [1.82, 2.24) is 4.98 Å². The molecule has 0 fully saturated rings. The maximum absolute atomic E-state index is 14.0. The molecule has 3 rings (SSSR count). The molecule has 0 aliphatic rings. The lowest BCUT2D eigenvalue weighted by Gasteiger charge is -2.12. The molecule has 6 nitrogen and oxygen atoms in total. The fourth-order valence-corrected chi connectivity index (χ4v) is 4.52. The summed E-state index contributed by atoms with van der Waals surface area (Å²) in [6.07, 6.45) is 2.41. The van der Waals surface area contributed by atoms with Crippen LogP contribution in [0.2, 0.25) is 0 Å². The van der Waals surface area contributed by atoms with Gasteiger partial charge in [-0.2, -0.15) is 0 Å². The van der Waals surface area contributed by atoms with Crippen LogP contribution in [0.1, 0.15) is 20.1 Å². The highest BCUT2D eigenvalue weighted by Crippen LogP contribution is 2.36. The highest BCUT2D eigenvalue weighted by Gasteiger charge is 2.18. The normalized spacial score (nSPS) is 13.0. The number of aryl methyl sites for hydroxylation is 1. The van der Waals surface area contributed by atoms with Gasteiger partial charge in [0, 0.05) is 29.8 Å². The molecule has 2 aromatic heterocycles. The van der Waals surface area contributed by atoms with Crippen molar-refractivity contribution >= 4 is 27.0 Å². The Morgan fingerprint density at radius 2 is 1.97 bits per heavy atom. The van der Waals surface area contributed by atoms with E-state index in [9.17, 15) is 22.9 Å². The van der Waals surface area contributed by atoms with Crippen molar-refractivity contribution in [3.8, 4) is 17.0 Å². The number of carbonyl (C=O) groups is 1. The Balaban J connectivity index is 1.97. The Kier molecular flexibility index (Phi) is 6.18. The lowest BCUT2D eigenvalue weighted by atomic mass is 10.1. The van der Waals surface area contributed by atoms with E-state index in [0.29, 0.717) is 16.0 Å². The molecule has 10 heteroatoms. The fourth-order valence-electron chi connectivity index (χ4n) is 2.74. The third-order valence-electron chi connectivity index (χ3n) is 4.31. The third-order valence-corrected chi connectivity index (χ3v) is 7.16. The molecule has 0 aliphatic heterocycles. The van der Waals surface area contributed by atoms with E-state index in [1.807, 2.05) is 0 Å². The van der Waals surface area contributed by atoms with Crippen molar-refractivity contribution in [2.45, 2.75) is 18.4 Å². The summed E-state index contributed by atoms with van der Waals surface area (Å²) in [7, 11) is -1.35. The van der Waals surface area contributed by atoms with Crippen LogP contribution in [0.25, 0.3) is 11.3 Å². The van der Waals surface area contributed by atoms with E-state index in [4.69, 9.17) is 4.74 Å². The van der Waals surface area contributed by atoms with Crippen LogP contribution in [0.5, 0.6) is 5.75 Å². The number of hydrogen-bond acceptors (Lipinski definition) is 6. The van der Waals surface area contributed by atoms with Crippen molar-refractivity contribution in [2.24, 2.45) is 4.36 Å². The minimum absolute atomic E-state index is 0.0797. The largest absolute Gasteiger partial charge is 0.487 e. The van der Waals surface area contributed by atoms with E-state index in [-0.39, 0.29) is 27.8 Å². The van der Waals surface area contributed by atoms with Crippen molar-refractivity contribution in [3.05, 3.63) is 63.5 Å². The van der Waals surface area contributed by atoms with Gasteiger partial charge in [0.25, 0.3) is 0 Å². The number of aromatic nitrogens is 1. The second kappa shape index (κ2) is 8.49. The van der Waals surface area contributed by atoms with Gasteiger partial charge in [-0.25, -0.2) is 27.1 Å². The molecule has 0 bridgehead atoms. The summed E-state index contributed by atoms with van der Waals surface area (Å²) in [5, 5.41) is 9.20. The monoisotopic (exact) mass is 452 g/mol. The van der Waals surface area contributed by atoms with Gasteiger partial charge in [0.05, 0.1) is 20.8 Å². The average molecular weight is 453 g/mol. The molecule has 158 valence electrons. The van der Waals surface area contributed by atoms with Crippen molar-refractivity contribution < 1.29 is 27.6 Å². The predicted molar refractivity (Wildman–Crippen MR) is 111 cm³/mol. The fraction of sp³-hybridized carbons (Fsp3) is 0.200. The molecular formula is C20H18F2N2O4S2. The maximum atomic E-state index is 14.0. The molecule has 0 spiro atoms. The summed E-state index contributed by atoms with van der Waals surface area (Å²) < 4.78 is 49.8. The topological polar surface area (TPSA) is 88.9 Å². The summed E-state index contributed by atoms with van der Waals surface area (Å²) in [6, 6.07) is 6.47. The highest BCUT2D eigenvalue weighted by atomic mass is 32.2. The number of benzene rings is 1. The number of pyridine rings is 1. The van der Waals surface area contributed by atoms with Gasteiger partial charge in [-0.05, 0) is 36.8 Å². The first-order valence-electron chi connectivity index (χ1n) is 8.63. The number of thiophene rings is 1. The Labute approximate surface area is 176 Å². The Morgan fingerprint density at radius 1 is 1.23 bits per heavy atom. The first-order chi connectivity index (χ1) is 14.1. The Hall–Kier alpha value is -2.85. The number of aromatic carboxylic acids is 1. The van der Waals surface area contributed by atoms with E-state index < -0.39 is 27.3 Å². The minimum atomic E-state index is -2.74. The second-order valence-electron chi connectivity index (χ2n) is 6.45. The quantitative estimate of drug-likeness (QED) is 0.583. The van der Waals surface area contributed by atoms with E-state index in [0.717, 1.165) is 29.7 Å². The number of ether oxygens (including phenoxy) is 1. The zero-order valence-electron chi connectivity index (χ0n) is 16.3. The molecule has 1 unspecified atom stereocenters. The number of nitrogens with zero attached hydrogens (tertiary/aromatic N) is 2. The Bertz CT molecular complexity index is 1250. The summed E-state index contributed by atoms with van der Waals surface area (Å²) in [5.74, 6) is -2.23.